The first-order chi connectivity index (χ1) is 10.7. The molecule has 0 saturated carbocycles. The van der Waals surface area contributed by atoms with E-state index in [2.05, 4.69) is 4.84 Å². The van der Waals surface area contributed by atoms with Crippen LogP contribution < -0.4 is 4.89 Å². The summed E-state index contributed by atoms with van der Waals surface area (Å²) in [5, 5.41) is 0. The highest BCUT2D eigenvalue weighted by atomic mass is 32.2. The molecule has 0 aliphatic heterocycles. The lowest BCUT2D eigenvalue weighted by molar-refractivity contribution is -0.203. The third-order valence-electron chi connectivity index (χ3n) is 2.75. The highest BCUT2D eigenvalue weighted by Gasteiger charge is 2.42. The van der Waals surface area contributed by atoms with E-state index in [9.17, 15) is 26.4 Å². The Morgan fingerprint density at radius 1 is 0.913 bits per heavy atom. The SMILES string of the molecule is O=C(ONS(=O)(=O)c1ccc(-c2ccccc2)cc1)C(F)(F)F. The topological polar surface area (TPSA) is 72.5 Å². The molecule has 9 heteroatoms. The number of halogens is 3. The number of benzene rings is 2. The van der Waals surface area contributed by atoms with Crippen LogP contribution in [0.15, 0.2) is 59.5 Å². The van der Waals surface area contributed by atoms with Gasteiger partial charge >= 0.3 is 12.1 Å². The summed E-state index contributed by atoms with van der Waals surface area (Å²) in [5.41, 5.74) is 1.56. The molecule has 122 valence electrons. The van der Waals surface area contributed by atoms with Crippen molar-refractivity contribution in [3.05, 3.63) is 54.6 Å². The van der Waals surface area contributed by atoms with Crippen LogP contribution in [0.25, 0.3) is 11.1 Å². The number of carbonyl (C=O) groups excluding carboxylic acids is 1. The molecule has 2 aromatic rings. The Labute approximate surface area is 129 Å². The van der Waals surface area contributed by atoms with Crippen LogP contribution in [-0.2, 0) is 19.7 Å². The molecule has 0 bridgehead atoms. The molecule has 0 radical (unpaired) electrons. The zero-order valence-corrected chi connectivity index (χ0v) is 12.2. The van der Waals surface area contributed by atoms with Crippen LogP contribution in [0.1, 0.15) is 0 Å². The molecule has 0 saturated heterocycles. The fourth-order valence-corrected chi connectivity index (χ4v) is 2.43. The lowest BCUT2D eigenvalue weighted by atomic mass is 10.1. The Kier molecular flexibility index (Phi) is 4.71. The summed E-state index contributed by atoms with van der Waals surface area (Å²) in [6, 6.07) is 14.4. The average molecular weight is 345 g/mol. The van der Waals surface area contributed by atoms with Gasteiger partial charge in [-0.2, -0.15) is 13.2 Å². The molecule has 0 aromatic heterocycles. The lowest BCUT2D eigenvalue weighted by Crippen LogP contribution is -2.34. The zero-order valence-electron chi connectivity index (χ0n) is 11.4. The van der Waals surface area contributed by atoms with Crippen molar-refractivity contribution in [2.45, 2.75) is 11.1 Å². The normalized spacial score (nSPS) is 12.0. The molecule has 2 rings (SSSR count). The zero-order chi connectivity index (χ0) is 17.1. The van der Waals surface area contributed by atoms with Gasteiger partial charge in [-0.15, -0.1) is 0 Å². The molecule has 5 nitrogen and oxygen atoms in total. The second kappa shape index (κ2) is 6.39. The van der Waals surface area contributed by atoms with Gasteiger partial charge < -0.3 is 4.84 Å². The van der Waals surface area contributed by atoms with E-state index in [0.717, 1.165) is 16.0 Å². The predicted octanol–water partition coefficient (Wildman–Crippen LogP) is 2.65. The largest absolute Gasteiger partial charge is 0.492 e. The third-order valence-corrected chi connectivity index (χ3v) is 3.94. The molecular formula is C14H10F3NO4S. The van der Waals surface area contributed by atoms with Gasteiger partial charge in [0.2, 0.25) is 0 Å². The molecule has 0 heterocycles. The van der Waals surface area contributed by atoms with Gasteiger partial charge in [-0.1, -0.05) is 42.5 Å². The van der Waals surface area contributed by atoms with E-state index < -0.39 is 22.2 Å². The number of carbonyl (C=O) groups is 1. The summed E-state index contributed by atoms with van der Waals surface area (Å²) in [4.78, 5) is 14.8. The van der Waals surface area contributed by atoms with Gasteiger partial charge in [0.05, 0.1) is 4.90 Å². The van der Waals surface area contributed by atoms with Crippen LogP contribution in [0.5, 0.6) is 0 Å². The van der Waals surface area contributed by atoms with E-state index >= 15 is 0 Å². The molecule has 1 N–H and O–H groups in total. The standard InChI is InChI=1S/C14H10F3NO4S/c15-14(16,17)13(19)22-18-23(20,21)12-8-6-11(7-9-12)10-4-2-1-3-5-10/h1-9,18H. The minimum absolute atomic E-state index is 0.341. The van der Waals surface area contributed by atoms with Crippen molar-refractivity contribution in [1.82, 2.24) is 4.89 Å². The van der Waals surface area contributed by atoms with E-state index in [1.165, 1.54) is 24.3 Å². The number of rotatable bonds is 4. The van der Waals surface area contributed by atoms with Crippen molar-refractivity contribution in [3.8, 4) is 11.1 Å². The van der Waals surface area contributed by atoms with Gasteiger partial charge in [0.15, 0.2) is 0 Å². The van der Waals surface area contributed by atoms with Crippen molar-refractivity contribution >= 4 is 16.0 Å². The molecule has 0 unspecified atom stereocenters. The quantitative estimate of drug-likeness (QED) is 0.865. The summed E-state index contributed by atoms with van der Waals surface area (Å²) in [6.07, 6.45) is -5.29. The minimum Gasteiger partial charge on any atom is -0.348 e. The molecule has 2 aromatic carbocycles. The van der Waals surface area contributed by atoms with Crippen LogP contribution in [0.2, 0.25) is 0 Å². The number of hydrogen-bond acceptors (Lipinski definition) is 4. The van der Waals surface area contributed by atoms with E-state index in [-0.39, 0.29) is 4.90 Å². The Morgan fingerprint density at radius 3 is 1.96 bits per heavy atom. The summed E-state index contributed by atoms with van der Waals surface area (Å²) >= 11 is 0. The van der Waals surface area contributed by atoms with Crippen molar-refractivity contribution in [3.63, 3.8) is 0 Å². The second-order valence-electron chi connectivity index (χ2n) is 4.36. The second-order valence-corrected chi connectivity index (χ2v) is 6.01. The molecular weight excluding hydrogens is 335 g/mol. The van der Waals surface area contributed by atoms with E-state index in [0.29, 0.717) is 0 Å². The first kappa shape index (κ1) is 17.0. The minimum atomic E-state index is -5.29. The van der Waals surface area contributed by atoms with E-state index in [1.807, 2.05) is 18.2 Å². The number of hydrogen-bond donors (Lipinski definition) is 1. The smallest absolute Gasteiger partial charge is 0.348 e. The molecule has 0 spiro atoms. The third kappa shape index (κ3) is 4.30. The summed E-state index contributed by atoms with van der Waals surface area (Å²) in [5.74, 6) is -2.65. The maximum absolute atomic E-state index is 12.0. The number of nitrogens with one attached hydrogen (secondary N) is 1. The van der Waals surface area contributed by atoms with Gasteiger partial charge in [0.25, 0.3) is 10.0 Å². The molecule has 0 aliphatic carbocycles. The van der Waals surface area contributed by atoms with Gasteiger partial charge in [-0.3, -0.25) is 0 Å². The molecule has 0 amide bonds. The maximum atomic E-state index is 12.0. The Balaban J connectivity index is 2.13. The monoisotopic (exact) mass is 345 g/mol. The van der Waals surface area contributed by atoms with Crippen molar-refractivity contribution in [2.75, 3.05) is 0 Å². The van der Waals surface area contributed by atoms with Crippen LogP contribution in [0.4, 0.5) is 13.2 Å². The highest BCUT2D eigenvalue weighted by Crippen LogP contribution is 2.21. The summed E-state index contributed by atoms with van der Waals surface area (Å²) in [6.45, 7) is 0. The van der Waals surface area contributed by atoms with Crippen LogP contribution >= 0.6 is 0 Å². The fourth-order valence-electron chi connectivity index (χ4n) is 1.66. The molecule has 23 heavy (non-hydrogen) atoms. The molecule has 0 aliphatic rings. The van der Waals surface area contributed by atoms with Crippen molar-refractivity contribution < 1.29 is 31.2 Å². The van der Waals surface area contributed by atoms with Gasteiger partial charge in [0.1, 0.15) is 0 Å². The van der Waals surface area contributed by atoms with Crippen molar-refractivity contribution in [1.29, 1.82) is 0 Å². The Morgan fingerprint density at radius 2 is 1.43 bits per heavy atom. The Bertz CT molecular complexity index is 787. The van der Waals surface area contributed by atoms with E-state index in [4.69, 9.17) is 0 Å². The molecule has 0 atom stereocenters. The predicted molar refractivity (Wildman–Crippen MR) is 74.3 cm³/mol. The summed E-state index contributed by atoms with van der Waals surface area (Å²) in [7, 11) is -4.41. The first-order valence-corrected chi connectivity index (χ1v) is 7.64. The lowest BCUT2D eigenvalue weighted by Gasteiger charge is -2.09. The maximum Gasteiger partial charge on any atom is 0.492 e. The van der Waals surface area contributed by atoms with E-state index in [1.54, 1.807) is 12.1 Å². The first-order valence-electron chi connectivity index (χ1n) is 6.15. The van der Waals surface area contributed by atoms with Gasteiger partial charge in [-0.25, -0.2) is 13.2 Å². The van der Waals surface area contributed by atoms with Crippen LogP contribution in [0, 0.1) is 0 Å². The van der Waals surface area contributed by atoms with Crippen LogP contribution in [-0.4, -0.2) is 20.6 Å². The fraction of sp³-hybridized carbons (Fsp3) is 0.0714. The van der Waals surface area contributed by atoms with Crippen LogP contribution in [0.3, 0.4) is 0 Å². The number of alkyl halides is 3. The summed E-state index contributed by atoms with van der Waals surface area (Å²) < 4.78 is 59.4. The van der Waals surface area contributed by atoms with Gasteiger partial charge in [0, 0.05) is 0 Å². The average Bonchev–Trinajstić information content (AvgIpc) is 2.53. The number of sulfonamides is 1. The van der Waals surface area contributed by atoms with Crippen molar-refractivity contribution in [2.24, 2.45) is 0 Å². The van der Waals surface area contributed by atoms with Gasteiger partial charge in [-0.05, 0) is 28.1 Å². The highest BCUT2D eigenvalue weighted by molar-refractivity contribution is 7.89. The molecule has 0 fully saturated rings. The Hall–Kier alpha value is -2.39.